The van der Waals surface area contributed by atoms with Crippen molar-refractivity contribution in [3.8, 4) is 0 Å². The third-order valence-corrected chi connectivity index (χ3v) is 5.30. The summed E-state index contributed by atoms with van der Waals surface area (Å²) in [5.41, 5.74) is -0.950. The fourth-order valence-electron chi connectivity index (χ4n) is 3.24. The van der Waals surface area contributed by atoms with Crippen LogP contribution in [0.5, 0.6) is 0 Å². The molecule has 1 fully saturated rings. The summed E-state index contributed by atoms with van der Waals surface area (Å²) in [6.07, 6.45) is 1.84. The van der Waals surface area contributed by atoms with Gasteiger partial charge < -0.3 is 21.1 Å². The highest BCUT2D eigenvalue weighted by atomic mass is 32.2. The van der Waals surface area contributed by atoms with E-state index in [1.807, 2.05) is 6.26 Å². The molecule has 0 saturated carbocycles. The van der Waals surface area contributed by atoms with Crippen LogP contribution in [0.15, 0.2) is 24.3 Å². The third kappa shape index (κ3) is 2.46. The number of anilines is 1. The Morgan fingerprint density at radius 1 is 1.21 bits per heavy atom. The van der Waals surface area contributed by atoms with Gasteiger partial charge in [0.15, 0.2) is 5.60 Å². The molecule has 0 radical (unpaired) electrons. The number of benzene rings is 1. The molecule has 3 amide bonds. The zero-order valence-corrected chi connectivity index (χ0v) is 14.1. The molecular weight excluding hydrogens is 330 g/mol. The number of aliphatic hydroxyl groups is 1. The van der Waals surface area contributed by atoms with E-state index >= 15 is 0 Å². The van der Waals surface area contributed by atoms with Gasteiger partial charge in [-0.2, -0.15) is 11.8 Å². The lowest BCUT2D eigenvalue weighted by atomic mass is 9.78. The normalized spacial score (nSPS) is 30.2. The van der Waals surface area contributed by atoms with Crippen molar-refractivity contribution in [2.24, 2.45) is 5.92 Å². The van der Waals surface area contributed by atoms with E-state index in [0.717, 1.165) is 0 Å². The summed E-state index contributed by atoms with van der Waals surface area (Å²) >= 11 is 1.45. The van der Waals surface area contributed by atoms with Gasteiger partial charge in [-0.15, -0.1) is 0 Å². The number of carbonyl (C=O) groups excluding carboxylic acids is 3. The van der Waals surface area contributed by atoms with Crippen LogP contribution in [0.25, 0.3) is 0 Å². The number of hydrogen-bond acceptors (Lipinski definition) is 5. The first-order valence-electron chi connectivity index (χ1n) is 7.62. The fourth-order valence-corrected chi connectivity index (χ4v) is 3.81. The standard InChI is InChI=1S/C16H19N3O4S/c1-8(12-14(21)17-11(7-24-2)13(20)19-12)16(23)9-5-3-4-6-10(9)18-15(16)22/h3-6,8,11-12,23H,7H2,1-2H3,(H,17,21)(H,18,22)(H,19,20). The van der Waals surface area contributed by atoms with Gasteiger partial charge in [-0.1, -0.05) is 25.1 Å². The lowest BCUT2D eigenvalue weighted by molar-refractivity contribution is -0.148. The maximum absolute atomic E-state index is 12.4. The number of piperazine rings is 1. The molecule has 1 saturated heterocycles. The van der Waals surface area contributed by atoms with Gasteiger partial charge in [-0.3, -0.25) is 14.4 Å². The lowest BCUT2D eigenvalue weighted by Gasteiger charge is -2.37. The third-order valence-electron chi connectivity index (χ3n) is 4.64. The molecule has 0 aliphatic carbocycles. The summed E-state index contributed by atoms with van der Waals surface area (Å²) < 4.78 is 0. The van der Waals surface area contributed by atoms with Crippen molar-refractivity contribution < 1.29 is 19.5 Å². The van der Waals surface area contributed by atoms with E-state index in [0.29, 0.717) is 17.0 Å². The van der Waals surface area contributed by atoms with Crippen LogP contribution in [0, 0.1) is 5.92 Å². The summed E-state index contributed by atoms with van der Waals surface area (Å²) in [6, 6.07) is 5.20. The van der Waals surface area contributed by atoms with Gasteiger partial charge in [0.1, 0.15) is 12.1 Å². The Bertz CT molecular complexity index is 710. The minimum atomic E-state index is -1.88. The molecule has 2 heterocycles. The molecule has 4 unspecified atom stereocenters. The van der Waals surface area contributed by atoms with Crippen LogP contribution in [0.1, 0.15) is 12.5 Å². The Morgan fingerprint density at radius 2 is 1.92 bits per heavy atom. The number of amides is 3. The molecule has 1 aromatic carbocycles. The van der Waals surface area contributed by atoms with Gasteiger partial charge in [-0.05, 0) is 12.3 Å². The van der Waals surface area contributed by atoms with E-state index in [1.54, 1.807) is 31.2 Å². The van der Waals surface area contributed by atoms with Crippen LogP contribution < -0.4 is 16.0 Å². The maximum Gasteiger partial charge on any atom is 0.261 e. The number of para-hydroxylation sites is 1. The van der Waals surface area contributed by atoms with Gasteiger partial charge in [-0.25, -0.2) is 0 Å². The van der Waals surface area contributed by atoms with Crippen molar-refractivity contribution in [1.29, 1.82) is 0 Å². The van der Waals surface area contributed by atoms with Crippen LogP contribution in [-0.2, 0) is 20.0 Å². The summed E-state index contributed by atoms with van der Waals surface area (Å²) in [6.45, 7) is 1.58. The fraction of sp³-hybridized carbons (Fsp3) is 0.438. The summed E-state index contributed by atoms with van der Waals surface area (Å²) in [7, 11) is 0. The van der Waals surface area contributed by atoms with Crippen LogP contribution in [0.3, 0.4) is 0 Å². The van der Waals surface area contributed by atoms with Crippen LogP contribution in [0.4, 0.5) is 5.69 Å². The number of carbonyl (C=O) groups is 3. The maximum atomic E-state index is 12.4. The minimum Gasteiger partial charge on any atom is -0.375 e. The zero-order valence-electron chi connectivity index (χ0n) is 13.3. The topological polar surface area (TPSA) is 108 Å². The van der Waals surface area contributed by atoms with Gasteiger partial charge in [0.2, 0.25) is 11.8 Å². The van der Waals surface area contributed by atoms with Gasteiger partial charge in [0.05, 0.1) is 0 Å². The van der Waals surface area contributed by atoms with Crippen LogP contribution in [0.2, 0.25) is 0 Å². The largest absolute Gasteiger partial charge is 0.375 e. The Labute approximate surface area is 143 Å². The SMILES string of the molecule is CSCC1NC(=O)C(C(C)C2(O)C(=O)Nc3ccccc32)NC1=O. The molecule has 1 aromatic rings. The van der Waals surface area contributed by atoms with E-state index in [9.17, 15) is 19.5 Å². The summed E-state index contributed by atoms with van der Waals surface area (Å²) in [5, 5.41) is 19.0. The predicted molar refractivity (Wildman–Crippen MR) is 90.4 cm³/mol. The second kappa shape index (κ2) is 6.10. The molecule has 2 aliphatic rings. The summed E-state index contributed by atoms with van der Waals surface area (Å²) in [4.78, 5) is 37.0. The first-order chi connectivity index (χ1) is 11.4. The molecular formula is C16H19N3O4S. The Kier molecular flexibility index (Phi) is 4.27. The van der Waals surface area contributed by atoms with Crippen LogP contribution in [-0.4, -0.2) is 46.9 Å². The van der Waals surface area contributed by atoms with E-state index in [-0.39, 0.29) is 5.91 Å². The number of nitrogens with one attached hydrogen (secondary N) is 3. The van der Waals surface area contributed by atoms with E-state index in [4.69, 9.17) is 0 Å². The quantitative estimate of drug-likeness (QED) is 0.603. The van der Waals surface area contributed by atoms with E-state index in [2.05, 4.69) is 16.0 Å². The predicted octanol–water partition coefficient (Wildman–Crippen LogP) is -0.191. The average Bonchev–Trinajstić information content (AvgIpc) is 2.82. The molecule has 4 N–H and O–H groups in total. The van der Waals surface area contributed by atoms with Crippen molar-refractivity contribution in [2.45, 2.75) is 24.6 Å². The Morgan fingerprint density at radius 3 is 2.62 bits per heavy atom. The number of thioether (sulfide) groups is 1. The smallest absolute Gasteiger partial charge is 0.261 e. The highest BCUT2D eigenvalue weighted by molar-refractivity contribution is 7.98. The van der Waals surface area contributed by atoms with Gasteiger partial charge in [0, 0.05) is 22.9 Å². The van der Waals surface area contributed by atoms with E-state index < -0.39 is 35.4 Å². The van der Waals surface area contributed by atoms with Crippen molar-refractivity contribution in [2.75, 3.05) is 17.3 Å². The zero-order chi connectivity index (χ0) is 17.5. The molecule has 128 valence electrons. The number of rotatable bonds is 4. The first kappa shape index (κ1) is 16.8. The molecule has 8 heteroatoms. The van der Waals surface area contributed by atoms with Crippen molar-refractivity contribution >= 4 is 35.2 Å². The molecule has 2 aliphatic heterocycles. The highest BCUT2D eigenvalue weighted by Crippen LogP contribution is 2.42. The summed E-state index contributed by atoms with van der Waals surface area (Å²) in [5.74, 6) is -1.67. The van der Waals surface area contributed by atoms with E-state index in [1.165, 1.54) is 11.8 Å². The molecule has 0 bridgehead atoms. The molecule has 0 aromatic heterocycles. The molecule has 24 heavy (non-hydrogen) atoms. The first-order valence-corrected chi connectivity index (χ1v) is 9.02. The van der Waals surface area contributed by atoms with Gasteiger partial charge >= 0.3 is 0 Å². The van der Waals surface area contributed by atoms with Crippen molar-refractivity contribution in [1.82, 2.24) is 10.6 Å². The monoisotopic (exact) mass is 349 g/mol. The lowest BCUT2D eigenvalue weighted by Crippen LogP contribution is -2.66. The molecule has 4 atom stereocenters. The second-order valence-corrected chi connectivity index (χ2v) is 6.97. The molecule has 0 spiro atoms. The molecule has 7 nitrogen and oxygen atoms in total. The van der Waals surface area contributed by atoms with Crippen LogP contribution >= 0.6 is 11.8 Å². The molecule has 3 rings (SSSR count). The van der Waals surface area contributed by atoms with Crippen molar-refractivity contribution in [3.05, 3.63) is 29.8 Å². The van der Waals surface area contributed by atoms with Crippen molar-refractivity contribution in [3.63, 3.8) is 0 Å². The average molecular weight is 349 g/mol. The Hall–Kier alpha value is -2.06. The number of hydrogen-bond donors (Lipinski definition) is 4. The second-order valence-electron chi connectivity index (χ2n) is 6.06. The highest BCUT2D eigenvalue weighted by Gasteiger charge is 2.54. The van der Waals surface area contributed by atoms with Gasteiger partial charge in [0.25, 0.3) is 5.91 Å². The minimum absolute atomic E-state index is 0.309. The number of fused-ring (bicyclic) bond motifs is 1. The Balaban J connectivity index is 1.89.